The van der Waals surface area contributed by atoms with E-state index in [2.05, 4.69) is 4.98 Å². The molecule has 5 aromatic rings. The van der Waals surface area contributed by atoms with Crippen molar-refractivity contribution in [2.75, 3.05) is 7.11 Å². The molecule has 2 aromatic heterocycles. The number of carboxylic acid groups (broad SMARTS) is 1. The van der Waals surface area contributed by atoms with Crippen LogP contribution >= 0.6 is 11.3 Å². The van der Waals surface area contributed by atoms with Crippen LogP contribution in [0.2, 0.25) is 0 Å². The van der Waals surface area contributed by atoms with Crippen LogP contribution in [0, 0.1) is 17.6 Å². The smallest absolute Gasteiger partial charge is 0.355 e. The van der Waals surface area contributed by atoms with E-state index in [-0.39, 0.29) is 22.5 Å². The standard InChI is InChI=1S/C31H26F2N4O4S2.H2O/c1-41-21-4-2-3-19(14-21)22-15-20(8-9-24(22)32)29-23(11-18-7-10-28(43(34)40)25(33)12-18)27(13-17-5-6-17)37(36-29)31-35-26(16-42-31)30(38)39;/h2-4,7-10,12,14-17H,5-6,11,13H2,1H3,(H2,34,40)(H,38,39);1H2. The second-order valence-electron chi connectivity index (χ2n) is 10.4. The number of hydrogen-bond donors (Lipinski definition) is 2. The van der Waals surface area contributed by atoms with Gasteiger partial charge in [-0.1, -0.05) is 22.4 Å². The zero-order valence-electron chi connectivity index (χ0n) is 23.4. The Labute approximate surface area is 257 Å². The Kier molecular flexibility index (Phi) is 9.02. The molecule has 1 saturated carbocycles. The van der Waals surface area contributed by atoms with E-state index in [9.17, 15) is 18.5 Å². The van der Waals surface area contributed by atoms with Crippen LogP contribution in [-0.4, -0.2) is 38.4 Å². The number of ether oxygens (including phenoxy) is 1. The maximum Gasteiger partial charge on any atom is 0.355 e. The molecule has 0 aliphatic heterocycles. The van der Waals surface area contributed by atoms with E-state index < -0.39 is 28.6 Å². The molecule has 13 heteroatoms. The molecule has 6 rings (SSSR count). The van der Waals surface area contributed by atoms with Gasteiger partial charge in [-0.05, 0) is 78.8 Å². The molecule has 1 aliphatic rings. The highest BCUT2D eigenvalue weighted by Crippen LogP contribution is 2.39. The second kappa shape index (κ2) is 12.7. The fraction of sp³-hybridized carbons (Fsp3) is 0.194. The lowest BCUT2D eigenvalue weighted by Gasteiger charge is -2.11. The fourth-order valence-corrected chi connectivity index (χ4v) is 6.32. The van der Waals surface area contributed by atoms with Gasteiger partial charge in [-0.25, -0.2) is 23.2 Å². The van der Waals surface area contributed by atoms with Gasteiger partial charge < -0.3 is 15.3 Å². The second-order valence-corrected chi connectivity index (χ2v) is 12.3. The molecule has 228 valence electrons. The van der Waals surface area contributed by atoms with E-state index in [4.69, 9.17) is 15.0 Å². The molecule has 9 nitrogen and oxygen atoms in total. The van der Waals surface area contributed by atoms with Crippen LogP contribution in [0.1, 0.15) is 40.2 Å². The van der Waals surface area contributed by atoms with Crippen molar-refractivity contribution < 1.29 is 33.1 Å². The Morgan fingerprint density at radius 1 is 1.11 bits per heavy atom. The van der Waals surface area contributed by atoms with Crippen molar-refractivity contribution >= 4 is 28.3 Å². The number of methoxy groups -OCH3 is 1. The first-order chi connectivity index (χ1) is 20.7. The van der Waals surface area contributed by atoms with E-state index in [0.29, 0.717) is 51.2 Å². The lowest BCUT2D eigenvalue weighted by atomic mass is 9.95. The lowest BCUT2D eigenvalue weighted by Crippen LogP contribution is -2.07. The van der Waals surface area contributed by atoms with Gasteiger partial charge in [0.15, 0.2) is 22.5 Å². The van der Waals surface area contributed by atoms with Crippen LogP contribution in [0.5, 0.6) is 5.75 Å². The maximum atomic E-state index is 15.2. The Bertz CT molecular complexity index is 1890. The Hall–Kier alpha value is -4.30. The summed E-state index contributed by atoms with van der Waals surface area (Å²) >= 11 is 1.16. The summed E-state index contributed by atoms with van der Waals surface area (Å²) in [5.41, 5.74) is 4.27. The highest BCUT2D eigenvalue weighted by atomic mass is 32.2. The maximum absolute atomic E-state index is 15.2. The Morgan fingerprint density at radius 2 is 1.91 bits per heavy atom. The predicted octanol–water partition coefficient (Wildman–Crippen LogP) is 5.94. The molecular formula is C31H28F2N4O5S2. The summed E-state index contributed by atoms with van der Waals surface area (Å²) in [6, 6.07) is 16.3. The molecule has 3 aromatic carbocycles. The summed E-state index contributed by atoms with van der Waals surface area (Å²) in [5.74, 6) is -1.22. The van der Waals surface area contributed by atoms with Crippen LogP contribution in [0.15, 0.2) is 70.9 Å². The lowest BCUT2D eigenvalue weighted by molar-refractivity contribution is 0.0691. The van der Waals surface area contributed by atoms with Gasteiger partial charge in [0.2, 0.25) is 10.0 Å². The zero-order chi connectivity index (χ0) is 30.2. The third-order valence-corrected chi connectivity index (χ3v) is 9.07. The molecule has 2 heterocycles. The third kappa shape index (κ3) is 6.31. The molecule has 0 spiro atoms. The summed E-state index contributed by atoms with van der Waals surface area (Å²) in [6.45, 7) is 0. The van der Waals surface area contributed by atoms with Crippen molar-refractivity contribution in [2.24, 2.45) is 11.1 Å². The van der Waals surface area contributed by atoms with Gasteiger partial charge >= 0.3 is 5.97 Å². The minimum Gasteiger partial charge on any atom is -0.870 e. The largest absolute Gasteiger partial charge is 0.870 e. The number of halogens is 2. The molecule has 44 heavy (non-hydrogen) atoms. The number of thiazole rings is 1. The predicted molar refractivity (Wildman–Crippen MR) is 163 cm³/mol. The number of carboxylic acids is 1. The number of rotatable bonds is 10. The van der Waals surface area contributed by atoms with Crippen LogP contribution in [0.25, 0.3) is 27.5 Å². The number of nitrogens with zero attached hydrogens (tertiary/aromatic N) is 3. The third-order valence-electron chi connectivity index (χ3n) is 7.41. The quantitative estimate of drug-likeness (QED) is 0.142. The molecule has 1 aliphatic carbocycles. The van der Waals surface area contributed by atoms with Crippen molar-refractivity contribution in [2.45, 2.75) is 30.6 Å². The summed E-state index contributed by atoms with van der Waals surface area (Å²) in [5, 5.41) is 21.7. The molecule has 0 bridgehead atoms. The van der Waals surface area contributed by atoms with Crippen LogP contribution in [-0.2, 0) is 28.0 Å². The minimum atomic E-state index is -2.34. The van der Waals surface area contributed by atoms with Crippen LogP contribution in [0.4, 0.5) is 8.78 Å². The highest BCUT2D eigenvalue weighted by molar-refractivity contribution is 7.82. The monoisotopic (exact) mass is 638 g/mol. The summed E-state index contributed by atoms with van der Waals surface area (Å²) in [6.07, 6.45) is 3.01. The number of thiol groups is 1. The van der Waals surface area contributed by atoms with Crippen molar-refractivity contribution in [1.82, 2.24) is 14.8 Å². The molecule has 4 N–H and O–H groups in total. The van der Waals surface area contributed by atoms with Gasteiger partial charge in [-0.2, -0.15) is 5.10 Å². The molecule has 1 unspecified atom stereocenters. The molecule has 1 fully saturated rings. The highest BCUT2D eigenvalue weighted by Gasteiger charge is 2.30. The van der Waals surface area contributed by atoms with Crippen LogP contribution < -0.4 is 9.88 Å². The van der Waals surface area contributed by atoms with E-state index in [0.717, 1.165) is 35.4 Å². The number of aromatic carboxylic acids is 1. The van der Waals surface area contributed by atoms with Crippen molar-refractivity contribution in [3.05, 3.63) is 100 Å². The minimum absolute atomic E-state index is 0. The first-order valence-corrected chi connectivity index (χ1v) is 15.7. The molecular weight excluding hydrogens is 610 g/mol. The summed E-state index contributed by atoms with van der Waals surface area (Å²) < 4.78 is 48.8. The van der Waals surface area contributed by atoms with E-state index in [1.807, 2.05) is 0 Å². The van der Waals surface area contributed by atoms with Gasteiger partial charge in [-0.3, -0.25) is 0 Å². The van der Waals surface area contributed by atoms with E-state index in [1.54, 1.807) is 54.3 Å². The van der Waals surface area contributed by atoms with Crippen molar-refractivity contribution in [1.29, 1.82) is 0 Å². The summed E-state index contributed by atoms with van der Waals surface area (Å²) in [4.78, 5) is 15.9. The Balaban J connectivity index is 0.00000384. The number of aromatic nitrogens is 3. The molecule has 0 saturated heterocycles. The number of nitrogens with two attached hydrogens (primary N) is 1. The van der Waals surface area contributed by atoms with Gasteiger partial charge in [0.1, 0.15) is 11.6 Å². The van der Waals surface area contributed by atoms with Crippen molar-refractivity contribution in [3.8, 4) is 33.3 Å². The summed E-state index contributed by atoms with van der Waals surface area (Å²) in [7, 11) is -0.800. The number of benzene rings is 3. The van der Waals surface area contributed by atoms with E-state index in [1.165, 1.54) is 23.6 Å². The normalized spacial score (nSPS) is 13.4. The van der Waals surface area contributed by atoms with E-state index >= 15 is 4.39 Å². The molecule has 0 radical (unpaired) electrons. The van der Waals surface area contributed by atoms with Gasteiger partial charge in [0.25, 0.3) is 0 Å². The van der Waals surface area contributed by atoms with Gasteiger partial charge in [0.05, 0.1) is 18.5 Å². The topological polar surface area (TPSA) is 150 Å². The van der Waals surface area contributed by atoms with Crippen LogP contribution in [0.3, 0.4) is 0 Å². The van der Waals surface area contributed by atoms with Gasteiger partial charge in [-0.15, -0.1) is 16.5 Å². The molecule has 1 atom stereocenters. The first kappa shape index (κ1) is 31.1. The average molecular weight is 639 g/mol. The number of hydrogen-bond acceptors (Lipinski definition) is 7. The Morgan fingerprint density at radius 3 is 2.57 bits per heavy atom. The molecule has 0 amide bonds. The van der Waals surface area contributed by atoms with Gasteiger partial charge in [0, 0.05) is 28.5 Å². The van der Waals surface area contributed by atoms with Crippen molar-refractivity contribution in [3.63, 3.8) is 0 Å². The zero-order valence-corrected chi connectivity index (χ0v) is 25.1. The fourth-order valence-electron chi connectivity index (χ4n) is 5.05. The SMILES string of the molecule is COc1cccc(-c2cc(-c3nn(-c4nc(C(=O)O)cs4)c(CC4CC4)c3Cc3ccc([SH+](N)=O)c(F)c3)ccc2F)c1.[OH-]. The average Bonchev–Trinajstić information content (AvgIpc) is 3.55. The first-order valence-electron chi connectivity index (χ1n) is 13.5. The number of carbonyl (C=O) groups is 1.